The molecule has 5 heteroatoms. The molecule has 0 aliphatic heterocycles. The van der Waals surface area contributed by atoms with E-state index in [2.05, 4.69) is 206 Å². The minimum atomic E-state index is 0.663. The summed E-state index contributed by atoms with van der Waals surface area (Å²) in [7, 11) is 0. The van der Waals surface area contributed by atoms with Gasteiger partial charge in [0, 0.05) is 65.8 Å². The number of fused-ring (bicyclic) bond motifs is 14. The summed E-state index contributed by atoms with van der Waals surface area (Å²) in [5, 5.41) is 19.8. The van der Waals surface area contributed by atoms with Crippen molar-refractivity contribution in [3.63, 3.8) is 0 Å². The molecule has 0 amide bonds. The molecule has 4 heterocycles. The average Bonchev–Trinajstić information content (AvgIpc) is 4.04. The van der Waals surface area contributed by atoms with Crippen LogP contribution in [-0.4, -0.2) is 18.3 Å². The van der Waals surface area contributed by atoms with Crippen LogP contribution in [-0.2, 0) is 0 Å². The molecule has 0 aliphatic rings. The molecule has 0 aliphatic carbocycles. The summed E-state index contributed by atoms with van der Waals surface area (Å²) in [6, 6.07) is 74.1. The maximum absolute atomic E-state index is 10.6. The van der Waals surface area contributed by atoms with Gasteiger partial charge in [0.2, 0.25) is 0 Å². The zero-order chi connectivity index (χ0) is 39.5. The highest BCUT2D eigenvalue weighted by Gasteiger charge is 2.25. The number of benzene rings is 9. The molecule has 278 valence electrons. The van der Waals surface area contributed by atoms with E-state index in [1.165, 1.54) is 43.5 Å². The molecule has 60 heavy (non-hydrogen) atoms. The van der Waals surface area contributed by atoms with Crippen LogP contribution < -0.4 is 0 Å². The van der Waals surface area contributed by atoms with E-state index in [-0.39, 0.29) is 0 Å². The molecular weight excluding hydrogens is 731 g/mol. The van der Waals surface area contributed by atoms with Crippen LogP contribution >= 0.6 is 0 Å². The number of aromatic nitrogens is 4. The summed E-state index contributed by atoms with van der Waals surface area (Å²) < 4.78 is 9.59. The molecule has 4 aromatic heterocycles. The fourth-order valence-corrected chi connectivity index (χ4v) is 10.2. The molecule has 0 atom stereocenters. The molecule has 0 saturated heterocycles. The molecule has 0 saturated carbocycles. The Morgan fingerprint density at radius 2 is 0.733 bits per heavy atom. The summed E-state index contributed by atoms with van der Waals surface area (Å²) in [6.07, 6.45) is 0. The van der Waals surface area contributed by atoms with E-state index >= 15 is 0 Å². The van der Waals surface area contributed by atoms with Crippen LogP contribution in [0.5, 0.6) is 0 Å². The maximum atomic E-state index is 10.6. The van der Waals surface area contributed by atoms with E-state index in [0.29, 0.717) is 5.56 Å². The molecule has 0 unspecified atom stereocenters. The third-order valence-corrected chi connectivity index (χ3v) is 12.6. The third kappa shape index (κ3) is 4.34. The highest BCUT2D eigenvalue weighted by Crippen LogP contribution is 2.46. The van der Waals surface area contributed by atoms with Gasteiger partial charge in [0.15, 0.2) is 0 Å². The average molecular weight is 764 g/mol. The van der Waals surface area contributed by atoms with Gasteiger partial charge >= 0.3 is 0 Å². The molecular formula is C55H33N5. The summed E-state index contributed by atoms with van der Waals surface area (Å²) in [5.41, 5.74) is 14.0. The Bertz CT molecular complexity index is 3930. The second-order valence-corrected chi connectivity index (χ2v) is 15.6. The first-order valence-electron chi connectivity index (χ1n) is 20.3. The minimum Gasteiger partial charge on any atom is -0.309 e. The Morgan fingerprint density at radius 1 is 0.283 bits per heavy atom. The quantitative estimate of drug-likeness (QED) is 0.176. The minimum absolute atomic E-state index is 0.663. The Kier molecular flexibility index (Phi) is 6.73. The van der Waals surface area contributed by atoms with Crippen LogP contribution in [0.15, 0.2) is 200 Å². The number of hydrogen-bond acceptors (Lipinski definition) is 1. The van der Waals surface area contributed by atoms with Gasteiger partial charge in [-0.1, -0.05) is 109 Å². The molecule has 0 N–H and O–H groups in total. The van der Waals surface area contributed by atoms with Crippen molar-refractivity contribution in [3.8, 4) is 28.8 Å². The Balaban J connectivity index is 1.19. The van der Waals surface area contributed by atoms with Crippen LogP contribution in [0.25, 0.3) is 110 Å². The van der Waals surface area contributed by atoms with Crippen LogP contribution in [0.2, 0.25) is 0 Å². The summed E-state index contributed by atoms with van der Waals surface area (Å²) >= 11 is 0. The van der Waals surface area contributed by atoms with Crippen LogP contribution in [0.4, 0.5) is 0 Å². The number of nitriles is 1. The van der Waals surface area contributed by atoms with Gasteiger partial charge < -0.3 is 18.3 Å². The smallest absolute Gasteiger partial charge is 0.0999 e. The normalized spacial score (nSPS) is 12.0. The van der Waals surface area contributed by atoms with Crippen molar-refractivity contribution in [2.75, 3.05) is 0 Å². The zero-order valence-corrected chi connectivity index (χ0v) is 32.3. The second kappa shape index (κ2) is 12.3. The SMILES string of the molecule is N#Cc1cccc2c1c1c(ccc3c4ccccc4n(-c4ccc5c(c4)c4ccc6c(c7ccccc7n6-c6ccccc6)c4n5-c4ccccc4)c31)n2-c1ccccc1. The number of nitrogens with zero attached hydrogens (tertiary/aromatic N) is 5. The highest BCUT2D eigenvalue weighted by molar-refractivity contribution is 6.28. The number of para-hydroxylation sites is 5. The van der Waals surface area contributed by atoms with E-state index in [4.69, 9.17) is 0 Å². The van der Waals surface area contributed by atoms with Gasteiger partial charge in [-0.2, -0.15) is 5.26 Å². The van der Waals surface area contributed by atoms with Gasteiger partial charge in [-0.25, -0.2) is 0 Å². The maximum Gasteiger partial charge on any atom is 0.0999 e. The topological polar surface area (TPSA) is 43.5 Å². The van der Waals surface area contributed by atoms with Gasteiger partial charge in [-0.3, -0.25) is 0 Å². The first kappa shape index (κ1) is 32.7. The van der Waals surface area contributed by atoms with Crippen molar-refractivity contribution in [1.29, 1.82) is 5.26 Å². The van der Waals surface area contributed by atoms with Crippen molar-refractivity contribution in [1.82, 2.24) is 18.3 Å². The Hall–Kier alpha value is -8.33. The van der Waals surface area contributed by atoms with Crippen molar-refractivity contribution in [2.24, 2.45) is 0 Å². The molecule has 0 radical (unpaired) electrons. The second-order valence-electron chi connectivity index (χ2n) is 15.6. The van der Waals surface area contributed by atoms with E-state index in [1.807, 2.05) is 18.2 Å². The van der Waals surface area contributed by atoms with E-state index in [1.54, 1.807) is 0 Å². The number of rotatable bonds is 4. The molecule has 0 fully saturated rings. The van der Waals surface area contributed by atoms with Crippen LogP contribution in [0.3, 0.4) is 0 Å². The molecule has 13 aromatic rings. The lowest BCUT2D eigenvalue weighted by Gasteiger charge is -2.12. The standard InChI is InChI=1S/C55H33N5/c56-34-35-15-14-26-48-51(35)53-50(58(48)37-18-6-2-7-19-37)32-28-41-40-22-10-12-24-45(40)60(55(41)53)39-27-30-47-44(33-39)42-29-31-49-52(54(42)59(47)38-20-8-3-9-21-38)43-23-11-13-25-46(43)57(49)36-16-4-1-5-17-36/h1-33H. The van der Waals surface area contributed by atoms with Gasteiger partial charge in [-0.05, 0) is 91.0 Å². The van der Waals surface area contributed by atoms with Crippen molar-refractivity contribution >= 4 is 87.2 Å². The van der Waals surface area contributed by atoms with Crippen molar-refractivity contribution in [2.45, 2.75) is 0 Å². The molecule has 0 spiro atoms. The van der Waals surface area contributed by atoms with Crippen molar-refractivity contribution < 1.29 is 0 Å². The predicted molar refractivity (Wildman–Crippen MR) is 249 cm³/mol. The van der Waals surface area contributed by atoms with E-state index < -0.39 is 0 Å². The molecule has 0 bridgehead atoms. The van der Waals surface area contributed by atoms with E-state index in [9.17, 15) is 5.26 Å². The predicted octanol–water partition coefficient (Wildman–Crippen LogP) is 13.9. The first-order valence-corrected chi connectivity index (χ1v) is 20.3. The van der Waals surface area contributed by atoms with Gasteiger partial charge in [0.1, 0.15) is 0 Å². The lowest BCUT2D eigenvalue weighted by Crippen LogP contribution is -1.96. The lowest BCUT2D eigenvalue weighted by atomic mass is 10.0. The number of hydrogen-bond donors (Lipinski definition) is 0. The lowest BCUT2D eigenvalue weighted by molar-refractivity contribution is 1.17. The molecule has 5 nitrogen and oxygen atoms in total. The van der Waals surface area contributed by atoms with Crippen LogP contribution in [0.1, 0.15) is 5.56 Å². The van der Waals surface area contributed by atoms with Gasteiger partial charge in [-0.15, -0.1) is 0 Å². The third-order valence-electron chi connectivity index (χ3n) is 12.6. The fourth-order valence-electron chi connectivity index (χ4n) is 10.2. The Labute approximate surface area is 344 Å². The summed E-state index contributed by atoms with van der Waals surface area (Å²) in [4.78, 5) is 0. The largest absolute Gasteiger partial charge is 0.309 e. The van der Waals surface area contributed by atoms with E-state index in [0.717, 1.165) is 66.5 Å². The fraction of sp³-hybridized carbons (Fsp3) is 0. The summed E-state index contributed by atoms with van der Waals surface area (Å²) in [5.74, 6) is 0. The first-order chi connectivity index (χ1) is 29.8. The van der Waals surface area contributed by atoms with Crippen molar-refractivity contribution in [3.05, 3.63) is 206 Å². The zero-order valence-electron chi connectivity index (χ0n) is 32.3. The van der Waals surface area contributed by atoms with Gasteiger partial charge in [0.05, 0.1) is 55.8 Å². The molecule has 9 aromatic carbocycles. The molecule has 13 rings (SSSR count). The van der Waals surface area contributed by atoms with Crippen LogP contribution in [0, 0.1) is 11.3 Å². The highest BCUT2D eigenvalue weighted by atomic mass is 15.0. The summed E-state index contributed by atoms with van der Waals surface area (Å²) in [6.45, 7) is 0. The monoisotopic (exact) mass is 763 g/mol. The van der Waals surface area contributed by atoms with Gasteiger partial charge in [0.25, 0.3) is 0 Å². The Morgan fingerprint density at radius 3 is 1.40 bits per heavy atom.